The van der Waals surface area contributed by atoms with Crippen LogP contribution in [0, 0.1) is 17.7 Å². The molecule has 1 aliphatic carbocycles. The van der Waals surface area contributed by atoms with Crippen molar-refractivity contribution in [3.8, 4) is 5.75 Å². The lowest BCUT2D eigenvalue weighted by Gasteiger charge is -2.28. The van der Waals surface area contributed by atoms with Crippen LogP contribution in [0.4, 0.5) is 8.78 Å². The highest BCUT2D eigenvalue weighted by Crippen LogP contribution is 2.33. The molecule has 0 aromatic heterocycles. The first-order valence-electron chi connectivity index (χ1n) is 9.70. The predicted molar refractivity (Wildman–Crippen MR) is 100 cm³/mol. The minimum atomic E-state index is -0.562. The normalized spacial score (nSPS) is 21.5. The van der Waals surface area contributed by atoms with E-state index >= 15 is 0 Å². The van der Waals surface area contributed by atoms with Crippen LogP contribution in [0.5, 0.6) is 5.75 Å². The average molecular weight is 355 g/mol. The van der Waals surface area contributed by atoms with E-state index in [1.165, 1.54) is 63.5 Å². The van der Waals surface area contributed by atoms with E-state index in [4.69, 9.17) is 4.74 Å². The SMILES string of the molecule is CCCCC[C@H]1CC[C@H](C[SiH2]c2ccc(OCCF)cc2F)CC1. The maximum Gasteiger partial charge on any atom is 0.125 e. The summed E-state index contributed by atoms with van der Waals surface area (Å²) in [6.45, 7) is 1.72. The van der Waals surface area contributed by atoms with Crippen LogP contribution in [0.3, 0.4) is 0 Å². The fourth-order valence-corrected chi connectivity index (χ4v) is 5.75. The second-order valence-corrected chi connectivity index (χ2v) is 9.05. The van der Waals surface area contributed by atoms with Gasteiger partial charge in [-0.3, -0.25) is 0 Å². The molecule has 0 N–H and O–H groups in total. The topological polar surface area (TPSA) is 9.23 Å². The molecule has 1 fully saturated rings. The second-order valence-electron chi connectivity index (χ2n) is 7.21. The summed E-state index contributed by atoms with van der Waals surface area (Å²) in [5, 5.41) is 0.896. The van der Waals surface area contributed by atoms with E-state index < -0.39 is 16.2 Å². The third-order valence-electron chi connectivity index (χ3n) is 5.37. The van der Waals surface area contributed by atoms with E-state index in [2.05, 4.69) is 6.92 Å². The first-order valence-corrected chi connectivity index (χ1v) is 11.4. The van der Waals surface area contributed by atoms with Crippen LogP contribution >= 0.6 is 0 Å². The first kappa shape index (κ1) is 19.4. The minimum Gasteiger partial charge on any atom is -0.491 e. The fourth-order valence-electron chi connectivity index (χ4n) is 3.83. The van der Waals surface area contributed by atoms with Crippen molar-refractivity contribution < 1.29 is 13.5 Å². The molecule has 136 valence electrons. The number of benzene rings is 1. The molecule has 1 saturated carbocycles. The molecule has 0 unspecified atom stereocenters. The standard InChI is InChI=1S/C20H32F2OSi/c1-2-3-4-5-16-6-8-17(9-7-16)15-24-20-11-10-18(14-19(20)22)23-13-12-21/h10-11,14,16-17H,2-9,12-13,15,24H2,1H3/t16-,17-. The summed E-state index contributed by atoms with van der Waals surface area (Å²) in [6, 6.07) is 6.27. The monoisotopic (exact) mass is 354 g/mol. The Morgan fingerprint density at radius 3 is 2.54 bits per heavy atom. The number of halogens is 2. The quantitative estimate of drug-likeness (QED) is 0.434. The molecule has 0 aliphatic heterocycles. The second kappa shape index (κ2) is 10.9. The Hall–Kier alpha value is -0.903. The zero-order chi connectivity index (χ0) is 17.2. The van der Waals surface area contributed by atoms with E-state index in [0.717, 1.165) is 17.0 Å². The molecular formula is C20H32F2OSi. The van der Waals surface area contributed by atoms with Gasteiger partial charge in [-0.2, -0.15) is 0 Å². The Labute approximate surface area is 148 Å². The van der Waals surface area contributed by atoms with Crippen LogP contribution in [0.1, 0.15) is 58.3 Å². The molecule has 0 radical (unpaired) electrons. The van der Waals surface area contributed by atoms with Gasteiger partial charge in [-0.25, -0.2) is 8.78 Å². The van der Waals surface area contributed by atoms with E-state index in [-0.39, 0.29) is 12.4 Å². The van der Waals surface area contributed by atoms with E-state index in [1.54, 1.807) is 6.07 Å². The highest BCUT2D eigenvalue weighted by Gasteiger charge is 2.21. The number of unbranched alkanes of at least 4 members (excludes halogenated alkanes) is 2. The van der Waals surface area contributed by atoms with Crippen molar-refractivity contribution in [1.82, 2.24) is 0 Å². The van der Waals surface area contributed by atoms with Gasteiger partial charge < -0.3 is 4.74 Å². The summed E-state index contributed by atoms with van der Waals surface area (Å²) in [5.41, 5.74) is 0. The van der Waals surface area contributed by atoms with Gasteiger partial charge in [-0.05, 0) is 23.1 Å². The lowest BCUT2D eigenvalue weighted by molar-refractivity contribution is 0.271. The molecule has 2 rings (SSSR count). The van der Waals surface area contributed by atoms with Crippen molar-refractivity contribution in [2.24, 2.45) is 11.8 Å². The summed E-state index contributed by atoms with van der Waals surface area (Å²) < 4.78 is 31.4. The minimum absolute atomic E-state index is 0.00227. The van der Waals surface area contributed by atoms with Crippen molar-refractivity contribution in [2.75, 3.05) is 13.3 Å². The molecule has 0 saturated heterocycles. The van der Waals surface area contributed by atoms with Gasteiger partial charge in [0.15, 0.2) is 0 Å². The summed E-state index contributed by atoms with van der Waals surface area (Å²) in [7, 11) is -0.562. The molecule has 1 aliphatic rings. The lowest BCUT2D eigenvalue weighted by atomic mass is 9.80. The zero-order valence-electron chi connectivity index (χ0n) is 15.0. The van der Waals surface area contributed by atoms with Crippen molar-refractivity contribution in [1.29, 1.82) is 0 Å². The Bertz CT molecular complexity index is 473. The van der Waals surface area contributed by atoms with Gasteiger partial charge in [0, 0.05) is 6.07 Å². The Morgan fingerprint density at radius 2 is 1.88 bits per heavy atom. The van der Waals surface area contributed by atoms with Crippen LogP contribution < -0.4 is 9.92 Å². The number of ether oxygens (including phenoxy) is 1. The number of alkyl halides is 1. The predicted octanol–water partition coefficient (Wildman–Crippen LogP) is 4.77. The average Bonchev–Trinajstić information content (AvgIpc) is 2.60. The van der Waals surface area contributed by atoms with Gasteiger partial charge in [0.05, 0.1) is 9.52 Å². The van der Waals surface area contributed by atoms with Gasteiger partial charge >= 0.3 is 0 Å². The Balaban J connectivity index is 1.70. The number of hydrogen-bond donors (Lipinski definition) is 0. The molecule has 0 spiro atoms. The Kier molecular flexibility index (Phi) is 8.79. The molecule has 1 nitrogen and oxygen atoms in total. The van der Waals surface area contributed by atoms with Crippen molar-refractivity contribution in [3.63, 3.8) is 0 Å². The van der Waals surface area contributed by atoms with Crippen molar-refractivity contribution in [3.05, 3.63) is 24.0 Å². The molecule has 1 aromatic carbocycles. The highest BCUT2D eigenvalue weighted by atomic mass is 28.2. The van der Waals surface area contributed by atoms with Gasteiger partial charge in [-0.15, -0.1) is 0 Å². The molecule has 4 heteroatoms. The summed E-state index contributed by atoms with van der Waals surface area (Å²) >= 11 is 0. The molecule has 0 bridgehead atoms. The lowest BCUT2D eigenvalue weighted by Crippen LogP contribution is -2.23. The third kappa shape index (κ3) is 6.54. The van der Waals surface area contributed by atoms with Gasteiger partial charge in [0.2, 0.25) is 0 Å². The van der Waals surface area contributed by atoms with E-state index in [1.807, 2.05) is 6.07 Å². The van der Waals surface area contributed by atoms with Gasteiger partial charge in [-0.1, -0.05) is 70.4 Å². The molecular weight excluding hydrogens is 322 g/mol. The van der Waals surface area contributed by atoms with E-state index in [9.17, 15) is 8.78 Å². The zero-order valence-corrected chi connectivity index (χ0v) is 16.5. The summed E-state index contributed by atoms with van der Waals surface area (Å²) in [6.07, 6.45) is 10.9. The number of hydrogen-bond acceptors (Lipinski definition) is 1. The summed E-state index contributed by atoms with van der Waals surface area (Å²) in [4.78, 5) is 0. The van der Waals surface area contributed by atoms with Gasteiger partial charge in [0.1, 0.15) is 24.8 Å². The Morgan fingerprint density at radius 1 is 1.12 bits per heavy atom. The van der Waals surface area contributed by atoms with E-state index in [0.29, 0.717) is 5.75 Å². The smallest absolute Gasteiger partial charge is 0.125 e. The third-order valence-corrected chi connectivity index (χ3v) is 7.59. The fraction of sp³-hybridized carbons (Fsp3) is 0.700. The van der Waals surface area contributed by atoms with Crippen LogP contribution in [-0.4, -0.2) is 22.8 Å². The largest absolute Gasteiger partial charge is 0.491 e. The van der Waals surface area contributed by atoms with Crippen molar-refractivity contribution in [2.45, 2.75) is 64.3 Å². The van der Waals surface area contributed by atoms with Crippen LogP contribution in [0.25, 0.3) is 0 Å². The summed E-state index contributed by atoms with van der Waals surface area (Å²) in [5.74, 6) is 2.03. The molecule has 0 amide bonds. The van der Waals surface area contributed by atoms with Crippen LogP contribution in [0.2, 0.25) is 6.04 Å². The molecule has 0 atom stereocenters. The van der Waals surface area contributed by atoms with Crippen molar-refractivity contribution >= 4 is 14.7 Å². The maximum absolute atomic E-state index is 14.1. The highest BCUT2D eigenvalue weighted by molar-refractivity contribution is 6.53. The maximum atomic E-state index is 14.1. The van der Waals surface area contributed by atoms with Gasteiger partial charge in [0.25, 0.3) is 0 Å². The number of rotatable bonds is 10. The molecule has 0 heterocycles. The van der Waals surface area contributed by atoms with Crippen LogP contribution in [0.15, 0.2) is 18.2 Å². The first-order chi connectivity index (χ1) is 11.7. The molecule has 24 heavy (non-hydrogen) atoms. The molecule has 1 aromatic rings. The van der Waals surface area contributed by atoms with Crippen LogP contribution in [-0.2, 0) is 0 Å².